The van der Waals surface area contributed by atoms with Crippen molar-refractivity contribution in [3.8, 4) is 5.75 Å². The highest BCUT2D eigenvalue weighted by molar-refractivity contribution is 7.20. The van der Waals surface area contributed by atoms with Gasteiger partial charge in [0.25, 0.3) is 11.5 Å². The summed E-state index contributed by atoms with van der Waals surface area (Å²) in [6.07, 6.45) is 3.20. The van der Waals surface area contributed by atoms with Crippen molar-refractivity contribution in [3.63, 3.8) is 0 Å². The van der Waals surface area contributed by atoms with E-state index >= 15 is 0 Å². The number of rotatable bonds is 5. The zero-order chi connectivity index (χ0) is 24.5. The van der Waals surface area contributed by atoms with Crippen molar-refractivity contribution < 1.29 is 14.3 Å². The minimum Gasteiger partial charge on any atom is -0.495 e. The second-order valence-corrected chi connectivity index (χ2v) is 9.35. The molecule has 35 heavy (non-hydrogen) atoms. The Bertz CT molecular complexity index is 1510. The highest BCUT2D eigenvalue weighted by Crippen LogP contribution is 2.30. The minimum atomic E-state index is -0.345. The summed E-state index contributed by atoms with van der Waals surface area (Å²) in [5.41, 5.74) is 2.77. The Morgan fingerprint density at radius 1 is 1.14 bits per heavy atom. The lowest BCUT2D eigenvalue weighted by atomic mass is 10.0. The molecule has 0 saturated heterocycles. The van der Waals surface area contributed by atoms with E-state index in [-0.39, 0.29) is 23.9 Å². The Kier molecular flexibility index (Phi) is 6.08. The number of hydrogen-bond donors (Lipinski definition) is 1. The summed E-state index contributed by atoms with van der Waals surface area (Å²) >= 11 is 1.15. The highest BCUT2D eigenvalue weighted by Gasteiger charge is 2.24. The molecule has 2 aromatic heterocycles. The second-order valence-electron chi connectivity index (χ2n) is 8.35. The molecule has 0 saturated carbocycles. The molecule has 1 aliphatic heterocycles. The van der Waals surface area contributed by atoms with Gasteiger partial charge in [-0.15, -0.1) is 11.3 Å². The number of hydrogen-bond acceptors (Lipinski definition) is 6. The third-order valence-corrected chi connectivity index (χ3v) is 7.39. The van der Waals surface area contributed by atoms with Crippen molar-refractivity contribution in [1.29, 1.82) is 0 Å². The number of carbonyl (C=O) groups excluding carboxylic acids is 2. The van der Waals surface area contributed by atoms with Crippen LogP contribution in [0.5, 0.6) is 5.75 Å². The minimum absolute atomic E-state index is 0.117. The molecular weight excluding hydrogens is 464 g/mol. The van der Waals surface area contributed by atoms with Gasteiger partial charge in [-0.2, -0.15) is 0 Å². The molecule has 0 bridgehead atoms. The number of ether oxygens (including phenoxy) is 1. The summed E-state index contributed by atoms with van der Waals surface area (Å²) in [5, 5.41) is 3.20. The zero-order valence-electron chi connectivity index (χ0n) is 19.4. The number of para-hydroxylation sites is 3. The number of carbonyl (C=O) groups is 2. The van der Waals surface area contributed by atoms with E-state index in [4.69, 9.17) is 4.74 Å². The number of anilines is 2. The van der Waals surface area contributed by atoms with Crippen LogP contribution in [-0.2, 0) is 17.8 Å². The van der Waals surface area contributed by atoms with Gasteiger partial charge in [-0.05, 0) is 49.1 Å². The number of aryl methyl sites for hydroxylation is 2. The van der Waals surface area contributed by atoms with Crippen LogP contribution in [0.3, 0.4) is 0 Å². The van der Waals surface area contributed by atoms with Crippen molar-refractivity contribution in [2.45, 2.75) is 26.3 Å². The van der Waals surface area contributed by atoms with Gasteiger partial charge >= 0.3 is 0 Å². The zero-order valence-corrected chi connectivity index (χ0v) is 20.2. The number of aromatic nitrogens is 2. The van der Waals surface area contributed by atoms with Crippen LogP contribution in [0.4, 0.5) is 11.4 Å². The van der Waals surface area contributed by atoms with Crippen LogP contribution in [0.2, 0.25) is 0 Å². The van der Waals surface area contributed by atoms with Crippen LogP contribution in [-0.4, -0.2) is 35.0 Å². The predicted octanol–water partition coefficient (Wildman–Crippen LogP) is 4.01. The van der Waals surface area contributed by atoms with Gasteiger partial charge in [0.15, 0.2) is 0 Å². The number of methoxy groups -OCH3 is 1. The first-order valence-corrected chi connectivity index (χ1v) is 12.1. The Morgan fingerprint density at radius 2 is 1.91 bits per heavy atom. The Balaban J connectivity index is 1.43. The Morgan fingerprint density at radius 3 is 2.74 bits per heavy atom. The van der Waals surface area contributed by atoms with Crippen molar-refractivity contribution >= 4 is 44.7 Å². The molecule has 2 amide bonds. The second kappa shape index (κ2) is 9.34. The van der Waals surface area contributed by atoms with Gasteiger partial charge in [-0.25, -0.2) is 4.98 Å². The van der Waals surface area contributed by atoms with E-state index in [1.807, 2.05) is 30.3 Å². The first kappa shape index (κ1) is 22.8. The van der Waals surface area contributed by atoms with E-state index in [2.05, 4.69) is 10.3 Å². The summed E-state index contributed by atoms with van der Waals surface area (Å²) in [6, 6.07) is 15.0. The predicted molar refractivity (Wildman–Crippen MR) is 137 cm³/mol. The van der Waals surface area contributed by atoms with Crippen LogP contribution >= 0.6 is 11.3 Å². The fraction of sp³-hybridized carbons (Fsp3) is 0.231. The molecule has 0 fully saturated rings. The fourth-order valence-electron chi connectivity index (χ4n) is 4.44. The molecule has 5 rings (SSSR count). The largest absolute Gasteiger partial charge is 0.495 e. The van der Waals surface area contributed by atoms with Gasteiger partial charge < -0.3 is 15.0 Å². The van der Waals surface area contributed by atoms with E-state index < -0.39 is 0 Å². The maximum Gasteiger partial charge on any atom is 0.266 e. The summed E-state index contributed by atoms with van der Waals surface area (Å²) in [6.45, 7) is 2.23. The highest BCUT2D eigenvalue weighted by atomic mass is 32.1. The summed E-state index contributed by atoms with van der Waals surface area (Å²) in [5.74, 6) is 0.0299. The maximum atomic E-state index is 13.3. The first-order valence-electron chi connectivity index (χ1n) is 11.3. The van der Waals surface area contributed by atoms with E-state index in [1.165, 1.54) is 18.0 Å². The number of benzene rings is 2. The first-order chi connectivity index (χ1) is 17.0. The van der Waals surface area contributed by atoms with Gasteiger partial charge in [0, 0.05) is 12.2 Å². The van der Waals surface area contributed by atoms with Gasteiger partial charge in [0.05, 0.1) is 29.4 Å². The third-order valence-electron chi connectivity index (χ3n) is 6.20. The molecule has 2 aromatic carbocycles. The molecule has 0 atom stereocenters. The standard InChI is InChI=1S/C26H24N4O4S/c1-16-22-25(35-23(16)24(32)28-18-10-4-6-12-20(18)34-2)27-15-29(26(22)33)14-21(31)30-13-7-9-17-8-3-5-11-19(17)30/h3-6,8,10-12,15H,7,9,13-14H2,1-2H3,(H,28,32). The number of thiophene rings is 1. The van der Waals surface area contributed by atoms with Crippen molar-refractivity contribution in [2.24, 2.45) is 0 Å². The molecule has 9 heteroatoms. The monoisotopic (exact) mass is 488 g/mol. The summed E-state index contributed by atoms with van der Waals surface area (Å²) in [4.78, 5) is 46.5. The molecule has 1 aliphatic rings. The lowest BCUT2D eigenvalue weighted by Gasteiger charge is -2.29. The van der Waals surface area contributed by atoms with Crippen molar-refractivity contribution in [2.75, 3.05) is 23.9 Å². The molecule has 0 radical (unpaired) electrons. The van der Waals surface area contributed by atoms with E-state index in [0.29, 0.717) is 38.6 Å². The van der Waals surface area contributed by atoms with Crippen LogP contribution in [0, 0.1) is 6.92 Å². The van der Waals surface area contributed by atoms with Gasteiger partial charge in [0.2, 0.25) is 5.91 Å². The average molecular weight is 489 g/mol. The molecule has 0 aliphatic carbocycles. The molecule has 4 aromatic rings. The van der Waals surface area contributed by atoms with Crippen LogP contribution in [0.15, 0.2) is 59.7 Å². The Hall–Kier alpha value is -3.98. The molecule has 8 nitrogen and oxygen atoms in total. The van der Waals surface area contributed by atoms with Crippen LogP contribution in [0.1, 0.15) is 27.2 Å². The van der Waals surface area contributed by atoms with Crippen molar-refractivity contribution in [3.05, 3.63) is 81.2 Å². The lowest BCUT2D eigenvalue weighted by Crippen LogP contribution is -2.39. The van der Waals surface area contributed by atoms with Gasteiger partial charge in [-0.1, -0.05) is 30.3 Å². The summed E-state index contributed by atoms with van der Waals surface area (Å²) < 4.78 is 6.63. The lowest BCUT2D eigenvalue weighted by molar-refractivity contribution is -0.119. The number of nitrogens with zero attached hydrogens (tertiary/aromatic N) is 3. The number of amides is 2. The topological polar surface area (TPSA) is 93.5 Å². The van der Waals surface area contributed by atoms with Crippen LogP contribution in [0.25, 0.3) is 10.2 Å². The smallest absolute Gasteiger partial charge is 0.266 e. The normalized spacial score (nSPS) is 12.9. The number of nitrogens with one attached hydrogen (secondary N) is 1. The van der Waals surface area contributed by atoms with E-state index in [0.717, 1.165) is 35.4 Å². The molecule has 1 N–H and O–H groups in total. The third kappa shape index (κ3) is 4.19. The molecule has 0 unspecified atom stereocenters. The molecule has 178 valence electrons. The van der Waals surface area contributed by atoms with Gasteiger partial charge in [-0.3, -0.25) is 19.0 Å². The SMILES string of the molecule is COc1ccccc1NC(=O)c1sc2ncn(CC(=O)N3CCCc4ccccc43)c(=O)c2c1C. The molecule has 0 spiro atoms. The van der Waals surface area contributed by atoms with Crippen LogP contribution < -0.4 is 20.5 Å². The number of fused-ring (bicyclic) bond motifs is 2. The van der Waals surface area contributed by atoms with Crippen molar-refractivity contribution in [1.82, 2.24) is 9.55 Å². The fourth-order valence-corrected chi connectivity index (χ4v) is 5.47. The van der Waals surface area contributed by atoms with Gasteiger partial charge in [0.1, 0.15) is 17.1 Å². The molecular formula is C26H24N4O4S. The summed E-state index contributed by atoms with van der Waals surface area (Å²) in [7, 11) is 1.53. The van der Waals surface area contributed by atoms with E-state index in [1.54, 1.807) is 30.0 Å². The Labute approximate surface area is 205 Å². The molecule has 3 heterocycles. The quantitative estimate of drug-likeness (QED) is 0.458. The maximum absolute atomic E-state index is 13.3. The average Bonchev–Trinajstić information content (AvgIpc) is 3.22. The van der Waals surface area contributed by atoms with E-state index in [9.17, 15) is 14.4 Å².